The van der Waals surface area contributed by atoms with Gasteiger partial charge in [-0.1, -0.05) is 27.2 Å². The van der Waals surface area contributed by atoms with Gasteiger partial charge in [-0.25, -0.2) is 0 Å². The Bertz CT molecular complexity index is 558. The van der Waals surface area contributed by atoms with E-state index in [1.165, 1.54) is 0 Å². The van der Waals surface area contributed by atoms with Gasteiger partial charge in [0.2, 0.25) is 0 Å². The van der Waals surface area contributed by atoms with Crippen LogP contribution in [-0.2, 0) is 4.79 Å². The molecule has 4 rings (SSSR count). The van der Waals surface area contributed by atoms with Crippen molar-refractivity contribution in [3.8, 4) is 0 Å². The van der Waals surface area contributed by atoms with E-state index in [-0.39, 0.29) is 46.9 Å². The molecule has 4 saturated carbocycles. The predicted octanol–water partition coefficient (Wildman–Crippen LogP) is 2.15. The molecule has 8 atom stereocenters. The summed E-state index contributed by atoms with van der Waals surface area (Å²) < 4.78 is 0. The molecule has 4 aliphatic rings. The Morgan fingerprint density at radius 3 is 2.50 bits per heavy atom. The minimum absolute atomic E-state index is 0.0210. The molecule has 0 heterocycles. The van der Waals surface area contributed by atoms with Gasteiger partial charge in [0.1, 0.15) is 5.78 Å². The van der Waals surface area contributed by atoms with Gasteiger partial charge < -0.3 is 15.3 Å². The van der Waals surface area contributed by atoms with E-state index in [1.54, 1.807) is 0 Å². The van der Waals surface area contributed by atoms with E-state index in [0.29, 0.717) is 6.42 Å². The summed E-state index contributed by atoms with van der Waals surface area (Å²) in [7, 11) is 0. The van der Waals surface area contributed by atoms with E-state index < -0.39 is 17.6 Å². The third kappa shape index (κ3) is 1.68. The minimum Gasteiger partial charge on any atom is -0.396 e. The average Bonchev–Trinajstić information content (AvgIpc) is 2.65. The summed E-state index contributed by atoms with van der Waals surface area (Å²) in [6.45, 7) is 6.47. The van der Waals surface area contributed by atoms with Crippen LogP contribution in [0.25, 0.3) is 0 Å². The molecule has 0 aromatic carbocycles. The fourth-order valence-electron chi connectivity index (χ4n) is 7.79. The molecule has 0 aliphatic heterocycles. The zero-order chi connectivity index (χ0) is 17.5. The number of carbonyl (C=O) groups is 1. The Kier molecular flexibility index (Phi) is 3.57. The number of ketones is 1. The quantitative estimate of drug-likeness (QED) is 0.686. The monoisotopic (exact) mass is 336 g/mol. The maximum absolute atomic E-state index is 13.3. The lowest BCUT2D eigenvalue weighted by atomic mass is 9.39. The Labute approximate surface area is 144 Å². The largest absolute Gasteiger partial charge is 0.396 e. The average molecular weight is 336 g/mol. The van der Waals surface area contributed by atoms with E-state index in [4.69, 9.17) is 0 Å². The number of carbonyl (C=O) groups excluding carboxylic acids is 1. The zero-order valence-corrected chi connectivity index (χ0v) is 15.2. The highest BCUT2D eigenvalue weighted by molar-refractivity contribution is 5.92. The van der Waals surface area contributed by atoms with Gasteiger partial charge in [0, 0.05) is 17.9 Å². The lowest BCUT2D eigenvalue weighted by Gasteiger charge is -2.65. The highest BCUT2D eigenvalue weighted by atomic mass is 16.3. The first-order valence-electron chi connectivity index (χ1n) is 9.75. The van der Waals surface area contributed by atoms with Crippen LogP contribution in [0.15, 0.2) is 0 Å². The van der Waals surface area contributed by atoms with Gasteiger partial charge in [0.05, 0.1) is 17.6 Å². The third-order valence-corrected chi connectivity index (χ3v) is 8.84. The SMILES string of the molecule is C[C@H]1C(=O)[C@@]23[C@H](O)C[C@@H]4C(C)(C)CCC[C@@]4(CO)[C@H]2CC[C@@H]1[C@H]3O. The Morgan fingerprint density at radius 2 is 1.83 bits per heavy atom. The van der Waals surface area contributed by atoms with E-state index in [1.807, 2.05) is 6.92 Å². The van der Waals surface area contributed by atoms with Gasteiger partial charge in [-0.15, -0.1) is 0 Å². The molecular formula is C20H32O4. The van der Waals surface area contributed by atoms with E-state index in [2.05, 4.69) is 13.8 Å². The van der Waals surface area contributed by atoms with Crippen LogP contribution in [0.3, 0.4) is 0 Å². The summed E-state index contributed by atoms with van der Waals surface area (Å²) in [5.41, 5.74) is -1.31. The molecule has 0 unspecified atom stereocenters. The summed E-state index contributed by atoms with van der Waals surface area (Å²) in [5.74, 6) is -0.0191. The molecule has 0 radical (unpaired) electrons. The van der Waals surface area contributed by atoms with E-state index >= 15 is 0 Å². The summed E-state index contributed by atoms with van der Waals surface area (Å²) in [6.07, 6.45) is 3.76. The Morgan fingerprint density at radius 1 is 1.12 bits per heavy atom. The molecule has 24 heavy (non-hydrogen) atoms. The standard InChI is InChI=1S/C20H32O4/c1-11-12-5-6-13-19(10-21)8-4-7-18(2,3)14(19)9-15(22)20(13,16(11)23)17(12)24/h11-15,17,21-22,24H,4-10H2,1-3H3/t11-,12+,13-,14-,15-,17-,19-,20+/m1/s1. The van der Waals surface area contributed by atoms with Gasteiger partial charge >= 0.3 is 0 Å². The second-order valence-electron chi connectivity index (χ2n) is 9.86. The van der Waals surface area contributed by atoms with Crippen LogP contribution in [0.5, 0.6) is 0 Å². The fourth-order valence-corrected chi connectivity index (χ4v) is 7.79. The number of hydrogen-bond donors (Lipinski definition) is 3. The van der Waals surface area contributed by atoms with Crippen molar-refractivity contribution in [3.63, 3.8) is 0 Å². The topological polar surface area (TPSA) is 77.8 Å². The van der Waals surface area contributed by atoms with Crippen molar-refractivity contribution in [3.05, 3.63) is 0 Å². The van der Waals surface area contributed by atoms with Crippen LogP contribution >= 0.6 is 0 Å². The molecule has 2 bridgehead atoms. The van der Waals surface area contributed by atoms with Gasteiger partial charge in [-0.05, 0) is 55.3 Å². The summed E-state index contributed by atoms with van der Waals surface area (Å²) in [5, 5.41) is 32.8. The molecule has 0 amide bonds. The molecule has 3 N–H and O–H groups in total. The highest BCUT2D eigenvalue weighted by Crippen LogP contribution is 2.71. The second kappa shape index (κ2) is 5.05. The molecule has 136 valence electrons. The normalized spacial score (nSPS) is 55.8. The summed E-state index contributed by atoms with van der Waals surface area (Å²) in [6, 6.07) is 0. The summed E-state index contributed by atoms with van der Waals surface area (Å²) in [4.78, 5) is 13.3. The number of Topliss-reactive ketones (excluding diaryl/α,β-unsaturated/α-hetero) is 1. The fraction of sp³-hybridized carbons (Fsp3) is 0.950. The first-order valence-corrected chi connectivity index (χ1v) is 9.75. The van der Waals surface area contributed by atoms with Gasteiger partial charge in [-0.3, -0.25) is 4.79 Å². The number of aliphatic hydroxyl groups excluding tert-OH is 3. The molecule has 4 aliphatic carbocycles. The van der Waals surface area contributed by atoms with Crippen molar-refractivity contribution in [1.29, 1.82) is 0 Å². The summed E-state index contributed by atoms with van der Waals surface area (Å²) >= 11 is 0. The van der Waals surface area contributed by atoms with Gasteiger partial charge in [0.15, 0.2) is 0 Å². The van der Waals surface area contributed by atoms with Crippen LogP contribution in [0, 0.1) is 39.9 Å². The minimum atomic E-state index is -1.03. The van der Waals surface area contributed by atoms with Crippen molar-refractivity contribution in [2.45, 2.75) is 71.5 Å². The predicted molar refractivity (Wildman–Crippen MR) is 90.1 cm³/mol. The van der Waals surface area contributed by atoms with Crippen molar-refractivity contribution >= 4 is 5.78 Å². The Hall–Kier alpha value is -0.450. The highest BCUT2D eigenvalue weighted by Gasteiger charge is 2.75. The van der Waals surface area contributed by atoms with Crippen molar-refractivity contribution in [2.24, 2.45) is 39.9 Å². The molecule has 4 heteroatoms. The van der Waals surface area contributed by atoms with Crippen LogP contribution in [0.4, 0.5) is 0 Å². The van der Waals surface area contributed by atoms with E-state index in [9.17, 15) is 20.1 Å². The van der Waals surface area contributed by atoms with Gasteiger partial charge in [-0.2, -0.15) is 0 Å². The van der Waals surface area contributed by atoms with Crippen LogP contribution < -0.4 is 0 Å². The van der Waals surface area contributed by atoms with Gasteiger partial charge in [0.25, 0.3) is 0 Å². The van der Waals surface area contributed by atoms with E-state index in [0.717, 1.165) is 32.1 Å². The van der Waals surface area contributed by atoms with Crippen LogP contribution in [0.1, 0.15) is 59.3 Å². The maximum Gasteiger partial charge on any atom is 0.147 e. The molecule has 0 aromatic heterocycles. The lowest BCUT2D eigenvalue weighted by Crippen LogP contribution is -2.68. The Balaban J connectivity index is 1.89. The first kappa shape index (κ1) is 17.0. The number of fused-ring (bicyclic) bond motifs is 3. The zero-order valence-electron chi connectivity index (χ0n) is 15.2. The molecular weight excluding hydrogens is 304 g/mol. The maximum atomic E-state index is 13.3. The number of hydrogen-bond acceptors (Lipinski definition) is 4. The number of rotatable bonds is 1. The smallest absolute Gasteiger partial charge is 0.147 e. The number of aliphatic hydroxyl groups is 3. The molecule has 4 fully saturated rings. The van der Waals surface area contributed by atoms with Crippen LogP contribution in [0.2, 0.25) is 0 Å². The first-order chi connectivity index (χ1) is 11.2. The molecule has 0 aromatic rings. The van der Waals surface area contributed by atoms with Crippen molar-refractivity contribution in [1.82, 2.24) is 0 Å². The van der Waals surface area contributed by atoms with Crippen molar-refractivity contribution in [2.75, 3.05) is 6.61 Å². The third-order valence-electron chi connectivity index (χ3n) is 8.84. The molecule has 4 nitrogen and oxygen atoms in total. The van der Waals surface area contributed by atoms with Crippen molar-refractivity contribution < 1.29 is 20.1 Å². The lowest BCUT2D eigenvalue weighted by molar-refractivity contribution is -0.239. The second-order valence-corrected chi connectivity index (χ2v) is 9.86. The molecule has 0 saturated heterocycles. The molecule has 1 spiro atoms. The van der Waals surface area contributed by atoms with Crippen LogP contribution in [-0.4, -0.2) is 39.9 Å².